The molecule has 1 fully saturated rings. The third-order valence-corrected chi connectivity index (χ3v) is 4.45. The van der Waals surface area contributed by atoms with E-state index in [0.29, 0.717) is 17.7 Å². The third-order valence-electron chi connectivity index (χ3n) is 4.45. The Morgan fingerprint density at radius 3 is 2.32 bits per heavy atom. The molecule has 2 atom stereocenters. The molecule has 0 radical (unpaired) electrons. The second-order valence-corrected chi connectivity index (χ2v) is 6.32. The summed E-state index contributed by atoms with van der Waals surface area (Å²) >= 11 is 0. The number of nitrogens with one attached hydrogen (secondary N) is 2. The third kappa shape index (κ3) is 3.10. The van der Waals surface area contributed by atoms with Crippen molar-refractivity contribution < 1.29 is 4.79 Å². The average Bonchev–Trinajstić information content (AvgIpc) is 3.24. The van der Waals surface area contributed by atoms with Gasteiger partial charge in [-0.1, -0.05) is 55.5 Å². The van der Waals surface area contributed by atoms with E-state index < -0.39 is 0 Å². The van der Waals surface area contributed by atoms with Crippen LogP contribution in [0.4, 0.5) is 5.95 Å². The van der Waals surface area contributed by atoms with E-state index in [0.717, 1.165) is 17.7 Å². The second-order valence-electron chi connectivity index (χ2n) is 6.32. The number of nitrogens with zero attached hydrogens (tertiary/aromatic N) is 3. The number of para-hydroxylation sites is 1. The van der Waals surface area contributed by atoms with Gasteiger partial charge in [0, 0.05) is 11.5 Å². The van der Waals surface area contributed by atoms with Crippen molar-refractivity contribution in [2.24, 2.45) is 11.8 Å². The number of hydrogen-bond acceptors (Lipinski definition) is 4. The first kappa shape index (κ1) is 15.4. The van der Waals surface area contributed by atoms with Gasteiger partial charge in [-0.05, 0) is 24.5 Å². The number of amides is 1. The van der Waals surface area contributed by atoms with Crippen LogP contribution in [0.1, 0.15) is 13.3 Å². The van der Waals surface area contributed by atoms with E-state index in [1.165, 1.54) is 0 Å². The number of hydrazine groups is 1. The molecule has 0 unspecified atom stereocenters. The minimum absolute atomic E-state index is 0.00336. The van der Waals surface area contributed by atoms with E-state index >= 15 is 0 Å². The van der Waals surface area contributed by atoms with Crippen molar-refractivity contribution in [2.75, 3.05) is 5.43 Å². The SMILES string of the molecule is C[C@H]1C[C@@H]1C(=O)NNc1nnc(-c2ccccc2)n1-c1ccccc1. The quantitative estimate of drug-likeness (QED) is 0.704. The van der Waals surface area contributed by atoms with Gasteiger partial charge in [-0.15, -0.1) is 10.2 Å². The topological polar surface area (TPSA) is 71.8 Å². The fourth-order valence-corrected chi connectivity index (χ4v) is 2.86. The van der Waals surface area contributed by atoms with Crippen molar-refractivity contribution in [1.82, 2.24) is 20.2 Å². The molecular formula is C19H19N5O. The number of anilines is 1. The summed E-state index contributed by atoms with van der Waals surface area (Å²) in [7, 11) is 0. The zero-order chi connectivity index (χ0) is 17.2. The van der Waals surface area contributed by atoms with Gasteiger partial charge in [0.1, 0.15) is 0 Å². The Kier molecular flexibility index (Phi) is 3.93. The summed E-state index contributed by atoms with van der Waals surface area (Å²) in [6, 6.07) is 19.7. The number of carbonyl (C=O) groups is 1. The number of benzene rings is 2. The van der Waals surface area contributed by atoms with Crippen molar-refractivity contribution in [3.05, 3.63) is 60.7 Å². The molecule has 6 nitrogen and oxygen atoms in total. The summed E-state index contributed by atoms with van der Waals surface area (Å²) in [5, 5.41) is 8.54. The van der Waals surface area contributed by atoms with Crippen molar-refractivity contribution in [3.63, 3.8) is 0 Å². The van der Waals surface area contributed by atoms with Gasteiger partial charge >= 0.3 is 0 Å². The van der Waals surface area contributed by atoms with Gasteiger partial charge in [-0.2, -0.15) is 0 Å². The van der Waals surface area contributed by atoms with Crippen LogP contribution in [0.5, 0.6) is 0 Å². The standard InChI is InChI=1S/C19H19N5O/c1-13-12-16(13)18(25)21-23-19-22-20-17(14-8-4-2-5-9-14)24(19)15-10-6-3-7-11-15/h2-11,13,16H,12H2,1H3,(H,21,25)(H,22,23)/t13-,16-/m0/s1. The second kappa shape index (κ2) is 6.39. The van der Waals surface area contributed by atoms with Crippen LogP contribution in [0.3, 0.4) is 0 Å². The molecule has 25 heavy (non-hydrogen) atoms. The molecule has 1 amide bonds. The van der Waals surface area contributed by atoms with E-state index in [-0.39, 0.29) is 11.8 Å². The molecule has 2 aromatic carbocycles. The molecule has 0 saturated heterocycles. The van der Waals surface area contributed by atoms with Gasteiger partial charge in [-0.25, -0.2) is 0 Å². The normalized spacial score (nSPS) is 18.6. The molecule has 3 aromatic rings. The Bertz CT molecular complexity index is 875. The van der Waals surface area contributed by atoms with Crippen molar-refractivity contribution in [2.45, 2.75) is 13.3 Å². The number of aromatic nitrogens is 3. The number of carbonyl (C=O) groups excluding carboxylic acids is 1. The molecular weight excluding hydrogens is 314 g/mol. The van der Waals surface area contributed by atoms with Crippen LogP contribution in [0.15, 0.2) is 60.7 Å². The van der Waals surface area contributed by atoms with Crippen LogP contribution in [0.25, 0.3) is 17.1 Å². The monoisotopic (exact) mass is 333 g/mol. The summed E-state index contributed by atoms with van der Waals surface area (Å²) in [4.78, 5) is 12.1. The molecule has 0 bridgehead atoms. The fraction of sp³-hybridized carbons (Fsp3) is 0.211. The predicted molar refractivity (Wildman–Crippen MR) is 95.8 cm³/mol. The van der Waals surface area contributed by atoms with E-state index in [9.17, 15) is 4.79 Å². The molecule has 1 aliphatic carbocycles. The van der Waals surface area contributed by atoms with Gasteiger partial charge in [-0.3, -0.25) is 20.2 Å². The number of hydrogen-bond donors (Lipinski definition) is 2. The Morgan fingerprint density at radius 2 is 1.68 bits per heavy atom. The maximum Gasteiger partial charge on any atom is 0.248 e. The highest BCUT2D eigenvalue weighted by Gasteiger charge is 2.39. The average molecular weight is 333 g/mol. The molecule has 1 aliphatic rings. The molecule has 2 N–H and O–H groups in total. The van der Waals surface area contributed by atoms with Gasteiger partial charge in [0.2, 0.25) is 11.9 Å². The molecule has 6 heteroatoms. The maximum absolute atomic E-state index is 12.1. The molecule has 0 aliphatic heterocycles. The predicted octanol–water partition coefficient (Wildman–Crippen LogP) is 3.03. The van der Waals surface area contributed by atoms with Crippen molar-refractivity contribution in [3.8, 4) is 17.1 Å². The highest BCUT2D eigenvalue weighted by molar-refractivity contribution is 5.82. The van der Waals surface area contributed by atoms with Gasteiger partial charge in [0.05, 0.1) is 5.69 Å². The van der Waals surface area contributed by atoms with Crippen LogP contribution in [0, 0.1) is 11.8 Å². The first-order valence-electron chi connectivity index (χ1n) is 8.36. The van der Waals surface area contributed by atoms with Crippen LogP contribution in [-0.4, -0.2) is 20.7 Å². The lowest BCUT2D eigenvalue weighted by atomic mass is 10.2. The minimum atomic E-state index is -0.00336. The Morgan fingerprint density at radius 1 is 1.04 bits per heavy atom. The van der Waals surface area contributed by atoms with Gasteiger partial charge < -0.3 is 0 Å². The molecule has 0 spiro atoms. The lowest BCUT2D eigenvalue weighted by molar-refractivity contribution is -0.122. The van der Waals surface area contributed by atoms with E-state index in [1.54, 1.807) is 0 Å². The Balaban J connectivity index is 1.67. The minimum Gasteiger partial charge on any atom is -0.273 e. The fourth-order valence-electron chi connectivity index (χ4n) is 2.86. The van der Waals surface area contributed by atoms with E-state index in [4.69, 9.17) is 0 Å². The molecule has 126 valence electrons. The first-order valence-corrected chi connectivity index (χ1v) is 8.36. The number of rotatable bonds is 5. The maximum atomic E-state index is 12.1. The highest BCUT2D eigenvalue weighted by atomic mass is 16.2. The van der Waals surface area contributed by atoms with Gasteiger partial charge in [0.25, 0.3) is 0 Å². The molecule has 1 aromatic heterocycles. The zero-order valence-corrected chi connectivity index (χ0v) is 13.9. The lowest BCUT2D eigenvalue weighted by Crippen LogP contribution is -2.32. The molecule has 4 rings (SSSR count). The smallest absolute Gasteiger partial charge is 0.248 e. The zero-order valence-electron chi connectivity index (χ0n) is 13.9. The summed E-state index contributed by atoms with van der Waals surface area (Å²) < 4.78 is 1.89. The van der Waals surface area contributed by atoms with Crippen molar-refractivity contribution >= 4 is 11.9 Å². The summed E-state index contributed by atoms with van der Waals surface area (Å²) in [5.74, 6) is 1.73. The van der Waals surface area contributed by atoms with Crippen LogP contribution < -0.4 is 10.9 Å². The largest absolute Gasteiger partial charge is 0.273 e. The Labute approximate surface area is 145 Å². The van der Waals surface area contributed by atoms with Crippen molar-refractivity contribution in [1.29, 1.82) is 0 Å². The summed E-state index contributed by atoms with van der Waals surface area (Å²) in [6.07, 6.45) is 0.939. The molecule has 1 heterocycles. The van der Waals surface area contributed by atoms with Crippen LogP contribution in [0.2, 0.25) is 0 Å². The lowest BCUT2D eigenvalue weighted by Gasteiger charge is -2.12. The van der Waals surface area contributed by atoms with Crippen LogP contribution >= 0.6 is 0 Å². The first-order chi connectivity index (χ1) is 12.2. The van der Waals surface area contributed by atoms with Gasteiger partial charge in [0.15, 0.2) is 5.82 Å². The highest BCUT2D eigenvalue weighted by Crippen LogP contribution is 2.37. The van der Waals surface area contributed by atoms with E-state index in [2.05, 4.69) is 28.0 Å². The summed E-state index contributed by atoms with van der Waals surface area (Å²) in [6.45, 7) is 2.07. The van der Waals surface area contributed by atoms with E-state index in [1.807, 2.05) is 65.2 Å². The Hall–Kier alpha value is -3.15. The summed E-state index contributed by atoms with van der Waals surface area (Å²) in [5.41, 5.74) is 7.56. The molecule has 1 saturated carbocycles. The van der Waals surface area contributed by atoms with Crippen LogP contribution in [-0.2, 0) is 4.79 Å².